The fourth-order valence-corrected chi connectivity index (χ4v) is 18.7. The van der Waals surface area contributed by atoms with Gasteiger partial charge < -0.3 is 40.1 Å². The zero-order valence-electron chi connectivity index (χ0n) is 52.3. The highest BCUT2D eigenvalue weighted by atomic mass is 16.5. The van der Waals surface area contributed by atoms with Gasteiger partial charge in [0.05, 0.1) is 12.2 Å². The van der Waals surface area contributed by atoms with Crippen LogP contribution in [-0.2, 0) is 28.7 Å². The van der Waals surface area contributed by atoms with Crippen LogP contribution < -0.4 is 0 Å². The van der Waals surface area contributed by atoms with E-state index in [9.17, 15) is 29.4 Å². The third-order valence-corrected chi connectivity index (χ3v) is 22.8. The number of allylic oxidation sites excluding steroid dienone is 6. The maximum Gasteiger partial charge on any atom is 0.331 e. The number of esters is 2. The van der Waals surface area contributed by atoms with Gasteiger partial charge in [-0.2, -0.15) is 0 Å². The lowest BCUT2D eigenvalue weighted by Gasteiger charge is -2.58. The minimum Gasteiger partial charge on any atom is -0.478 e. The van der Waals surface area contributed by atoms with Crippen molar-refractivity contribution in [3.05, 3.63) is 70.9 Å². The highest BCUT2D eigenvalue weighted by Crippen LogP contribution is 2.73. The normalized spacial score (nSPS) is 38.0. The van der Waals surface area contributed by atoms with E-state index in [1.165, 1.54) is 51.0 Å². The molecule has 8 aliphatic carbocycles. The fraction of sp³-hybridized carbons (Fsp3) is 0.765. The number of carbonyl (C=O) groups is 4. The highest BCUT2D eigenvalue weighted by Gasteiger charge is 2.65. The molecule has 8 aliphatic rings. The van der Waals surface area contributed by atoms with Crippen LogP contribution in [0.15, 0.2) is 70.9 Å². The fourth-order valence-electron chi connectivity index (χ4n) is 18.7. The molecule has 6 N–H and O–H groups in total. The number of carboxylic acid groups (broad SMARTS) is 2. The molecule has 0 unspecified atom stereocenters. The minimum atomic E-state index is -0.983. The molecule has 6 fully saturated rings. The number of hydrogen-bond donors (Lipinski definition) is 6. The SMILES string of the molecule is C=C1[C@@H]([C@H](C)C[C@H](O)/C=C(\C)C(=O)O)CC[C@@]2(C)C3=CC[C@H]4C(C)(C)[C@H](OC(C)=O)CC[C@]4(C)[C@@H]3C[C@@H]12.C=C1[C@@H]([C@H](C)C[C@H](O)/C=C(\C)C(=O)O)CC[C@@]2(C)C3=CC[C@H]4C(C)(C)[C@H](OC(C)=O)CC[C@]4(C)[C@@H]3C[C@@H]12.CCO.CCO. The van der Waals surface area contributed by atoms with Crippen LogP contribution in [0.2, 0.25) is 0 Å². The Morgan fingerprint density at radius 1 is 0.575 bits per heavy atom. The third kappa shape index (κ3) is 13.1. The Balaban J connectivity index is 0.000000268. The van der Waals surface area contributed by atoms with E-state index in [0.29, 0.717) is 60.2 Å². The summed E-state index contributed by atoms with van der Waals surface area (Å²) in [6.07, 6.45) is 20.3. The lowest BCUT2D eigenvalue weighted by molar-refractivity contribution is -0.172. The van der Waals surface area contributed by atoms with Gasteiger partial charge in [0, 0.05) is 49.0 Å². The van der Waals surface area contributed by atoms with Gasteiger partial charge >= 0.3 is 23.9 Å². The van der Waals surface area contributed by atoms with Crippen molar-refractivity contribution in [2.45, 2.75) is 225 Å². The Morgan fingerprint density at radius 3 is 1.18 bits per heavy atom. The highest BCUT2D eigenvalue weighted by molar-refractivity contribution is 5.86. The molecule has 18 atom stereocenters. The van der Waals surface area contributed by atoms with Crippen LogP contribution in [-0.4, -0.2) is 92.1 Å². The van der Waals surface area contributed by atoms with Gasteiger partial charge in [-0.3, -0.25) is 9.59 Å². The van der Waals surface area contributed by atoms with Gasteiger partial charge in [0.1, 0.15) is 12.2 Å². The van der Waals surface area contributed by atoms with Crippen LogP contribution in [0, 0.1) is 91.7 Å². The van der Waals surface area contributed by atoms with Crippen LogP contribution in [0.4, 0.5) is 0 Å². The summed E-state index contributed by atoms with van der Waals surface area (Å²) in [4.78, 5) is 46.0. The van der Waals surface area contributed by atoms with Gasteiger partial charge in [-0.1, -0.05) is 117 Å². The largest absolute Gasteiger partial charge is 0.478 e. The van der Waals surface area contributed by atoms with Crippen molar-refractivity contribution in [1.82, 2.24) is 0 Å². The molecule has 0 amide bonds. The molecular formula is C68H108O12. The number of aliphatic hydroxyl groups is 4. The number of carboxylic acids is 2. The van der Waals surface area contributed by atoms with Crippen LogP contribution in [0.5, 0.6) is 0 Å². The van der Waals surface area contributed by atoms with Crippen molar-refractivity contribution in [2.75, 3.05) is 13.2 Å². The van der Waals surface area contributed by atoms with E-state index in [4.69, 9.17) is 29.9 Å². The molecule has 0 radical (unpaired) electrons. The lowest BCUT2D eigenvalue weighted by atomic mass is 9.47. The summed E-state index contributed by atoms with van der Waals surface area (Å²) in [5.74, 6) is 1.69. The van der Waals surface area contributed by atoms with Crippen molar-refractivity contribution in [3.8, 4) is 0 Å². The number of fused-ring (bicyclic) bond motifs is 10. The molecule has 0 aliphatic heterocycles. The maximum absolute atomic E-state index is 11.8. The quantitative estimate of drug-likeness (QED) is 0.0613. The standard InChI is InChI=1S/2C32H48O5.2C2H6O/c2*1-18(15-22(34)16-19(2)29(35)36)23-11-13-31(7)24-9-10-27-30(5,6)28(37-21(4)33)12-14-32(27,8)26(24)17-25(31)20(23)3;2*1-2-3/h2*9,16,18,22-23,25-28,34H,3,10-15,17H2,1-2,4-8H3,(H,35,36);2*3H,2H2,1H3/b2*19-16+;;/t2*18-,22+,23-,25+,26-,27+,28-,31+,32-;;/m11../s1. The predicted molar refractivity (Wildman–Crippen MR) is 317 cm³/mol. The van der Waals surface area contributed by atoms with Gasteiger partial charge in [-0.25, -0.2) is 9.59 Å². The first-order chi connectivity index (χ1) is 37.1. The van der Waals surface area contributed by atoms with E-state index >= 15 is 0 Å². The molecule has 0 saturated heterocycles. The van der Waals surface area contributed by atoms with Gasteiger partial charge in [-0.15, -0.1) is 0 Å². The second-order valence-corrected chi connectivity index (χ2v) is 28.3. The first-order valence-electron chi connectivity index (χ1n) is 30.6. The summed E-state index contributed by atoms with van der Waals surface area (Å²) in [7, 11) is 0. The summed E-state index contributed by atoms with van der Waals surface area (Å²) in [6, 6.07) is 0. The predicted octanol–water partition coefficient (Wildman–Crippen LogP) is 13.4. The van der Waals surface area contributed by atoms with E-state index in [1.807, 2.05) is 0 Å². The summed E-state index contributed by atoms with van der Waals surface area (Å²) in [6.45, 7) is 42.8. The molecule has 12 nitrogen and oxygen atoms in total. The second kappa shape index (κ2) is 26.0. The van der Waals surface area contributed by atoms with Gasteiger partial charge in [0.15, 0.2) is 0 Å². The Kier molecular flexibility index (Phi) is 21.7. The Bertz CT molecular complexity index is 2240. The zero-order chi connectivity index (χ0) is 60.4. The molecule has 6 saturated carbocycles. The number of aliphatic carboxylic acids is 2. The first-order valence-corrected chi connectivity index (χ1v) is 30.6. The topological polar surface area (TPSA) is 208 Å². The van der Waals surface area contributed by atoms with E-state index in [-0.39, 0.29) is 92.8 Å². The number of rotatable bonds is 12. The van der Waals surface area contributed by atoms with Crippen LogP contribution in [0.25, 0.3) is 0 Å². The average molecular weight is 1120 g/mol. The summed E-state index contributed by atoms with van der Waals surface area (Å²) in [5, 5.41) is 54.5. The number of aliphatic hydroxyl groups excluding tert-OH is 4. The molecule has 0 aromatic heterocycles. The Labute approximate surface area is 482 Å². The van der Waals surface area contributed by atoms with Crippen molar-refractivity contribution in [1.29, 1.82) is 0 Å². The Hall–Kier alpha value is -3.84. The molecule has 0 aromatic carbocycles. The number of carbonyl (C=O) groups excluding carboxylic acids is 2. The van der Waals surface area contributed by atoms with Crippen LogP contribution >= 0.6 is 0 Å². The minimum absolute atomic E-state index is 0.0253. The number of ether oxygens (including phenoxy) is 2. The van der Waals surface area contributed by atoms with E-state index < -0.39 is 24.1 Å². The zero-order valence-corrected chi connectivity index (χ0v) is 52.3. The lowest BCUT2D eigenvalue weighted by Crippen LogP contribution is -2.55. The van der Waals surface area contributed by atoms with Crippen LogP contribution in [0.1, 0.15) is 201 Å². The second-order valence-electron chi connectivity index (χ2n) is 28.3. The summed E-state index contributed by atoms with van der Waals surface area (Å²) in [5.41, 5.74) is 6.83. The van der Waals surface area contributed by atoms with Crippen molar-refractivity contribution in [2.24, 2.45) is 91.7 Å². The van der Waals surface area contributed by atoms with Crippen molar-refractivity contribution < 1.29 is 59.3 Å². The molecule has 80 heavy (non-hydrogen) atoms. The molecule has 0 heterocycles. The monoisotopic (exact) mass is 1120 g/mol. The smallest absolute Gasteiger partial charge is 0.331 e. The molecule has 12 heteroatoms. The van der Waals surface area contributed by atoms with Gasteiger partial charge in [-0.05, 0) is 211 Å². The van der Waals surface area contributed by atoms with Gasteiger partial charge in [0.2, 0.25) is 0 Å². The third-order valence-electron chi connectivity index (χ3n) is 22.8. The Morgan fingerprint density at radius 2 is 0.887 bits per heavy atom. The van der Waals surface area contributed by atoms with Crippen molar-refractivity contribution in [3.63, 3.8) is 0 Å². The average Bonchev–Trinajstić information content (AvgIpc) is 3.84. The molecule has 0 bridgehead atoms. The first kappa shape index (κ1) is 67.0. The van der Waals surface area contributed by atoms with E-state index in [2.05, 4.69) is 94.5 Å². The van der Waals surface area contributed by atoms with E-state index in [0.717, 1.165) is 77.0 Å². The number of hydrogen-bond acceptors (Lipinski definition) is 10. The molecule has 0 spiro atoms. The molecular weight excluding hydrogens is 1010 g/mol. The summed E-state index contributed by atoms with van der Waals surface area (Å²) >= 11 is 0. The summed E-state index contributed by atoms with van der Waals surface area (Å²) < 4.78 is 11.6. The molecule has 452 valence electrons. The van der Waals surface area contributed by atoms with Crippen LogP contribution in [0.3, 0.4) is 0 Å². The van der Waals surface area contributed by atoms with Crippen molar-refractivity contribution >= 4 is 23.9 Å². The van der Waals surface area contributed by atoms with Gasteiger partial charge in [0.25, 0.3) is 0 Å². The molecule has 8 rings (SSSR count). The maximum atomic E-state index is 11.8. The van der Waals surface area contributed by atoms with E-state index in [1.54, 1.807) is 25.0 Å². The molecule has 0 aromatic rings.